The molecule has 1 aromatic carbocycles. The number of benzene rings is 1. The number of aromatic hydroxyl groups is 1. The molecule has 0 radical (unpaired) electrons. The zero-order valence-corrected chi connectivity index (χ0v) is 11.9. The number of phenols is 1. The maximum absolute atomic E-state index is 9.27. The van der Waals surface area contributed by atoms with E-state index in [0.717, 1.165) is 9.90 Å². The second-order valence-corrected chi connectivity index (χ2v) is 6.09. The van der Waals surface area contributed by atoms with Gasteiger partial charge in [0.15, 0.2) is 0 Å². The summed E-state index contributed by atoms with van der Waals surface area (Å²) >= 11 is 7.54. The summed E-state index contributed by atoms with van der Waals surface area (Å²) in [7, 11) is 0. The molecule has 0 aliphatic heterocycles. The van der Waals surface area contributed by atoms with Crippen LogP contribution in [0.2, 0.25) is 4.34 Å². The number of halogens is 1. The van der Waals surface area contributed by atoms with Crippen molar-refractivity contribution in [2.75, 3.05) is 0 Å². The minimum absolute atomic E-state index is 0.224. The Bertz CT molecular complexity index is 509. The smallest absolute Gasteiger partial charge is 0.115 e. The molecule has 0 fully saturated rings. The average Bonchev–Trinajstić information content (AvgIpc) is 2.76. The van der Waals surface area contributed by atoms with Gasteiger partial charge in [-0.1, -0.05) is 23.7 Å². The highest BCUT2D eigenvalue weighted by molar-refractivity contribution is 7.16. The molecule has 2 rings (SSSR count). The molecule has 2 N–H and O–H groups in total. The molecule has 0 aliphatic rings. The van der Waals surface area contributed by atoms with Gasteiger partial charge in [-0.2, -0.15) is 0 Å². The Labute approximate surface area is 116 Å². The lowest BCUT2D eigenvalue weighted by Crippen LogP contribution is -2.21. The van der Waals surface area contributed by atoms with E-state index in [4.69, 9.17) is 11.6 Å². The first-order valence-corrected chi connectivity index (χ1v) is 7.06. The minimum atomic E-state index is 0.224. The van der Waals surface area contributed by atoms with Crippen LogP contribution in [0, 0.1) is 0 Å². The topological polar surface area (TPSA) is 32.3 Å². The van der Waals surface area contributed by atoms with E-state index in [-0.39, 0.29) is 12.1 Å². The van der Waals surface area contributed by atoms with Gasteiger partial charge in [0, 0.05) is 17.0 Å². The Morgan fingerprint density at radius 2 is 1.72 bits per heavy atom. The standard InChI is InChI=1S/C14H16ClNOS/c1-9(11-3-5-12(17)6-4-11)16-10(2)13-7-8-14(15)18-13/h3-10,16-17H,1-2H3. The van der Waals surface area contributed by atoms with Crippen molar-refractivity contribution in [3.8, 4) is 5.75 Å². The number of nitrogens with one attached hydrogen (secondary N) is 1. The Morgan fingerprint density at radius 1 is 1.06 bits per heavy atom. The highest BCUT2D eigenvalue weighted by atomic mass is 35.5. The van der Waals surface area contributed by atoms with Crippen LogP contribution in [-0.2, 0) is 0 Å². The summed E-state index contributed by atoms with van der Waals surface area (Å²) < 4.78 is 0.816. The van der Waals surface area contributed by atoms with Crippen LogP contribution in [0.4, 0.5) is 0 Å². The summed E-state index contributed by atoms with van der Waals surface area (Å²) in [6, 6.07) is 11.7. The van der Waals surface area contributed by atoms with Crippen LogP contribution in [0.15, 0.2) is 36.4 Å². The quantitative estimate of drug-likeness (QED) is 0.864. The third-order valence-electron chi connectivity index (χ3n) is 2.91. The van der Waals surface area contributed by atoms with E-state index in [9.17, 15) is 5.11 Å². The third-order valence-corrected chi connectivity index (χ3v) is 4.33. The molecule has 2 unspecified atom stereocenters. The maximum atomic E-state index is 9.27. The first-order chi connectivity index (χ1) is 8.56. The molecule has 1 heterocycles. The molecule has 0 saturated heterocycles. The number of hydrogen-bond acceptors (Lipinski definition) is 3. The minimum Gasteiger partial charge on any atom is -0.508 e. The highest BCUT2D eigenvalue weighted by Gasteiger charge is 2.12. The SMILES string of the molecule is CC(NC(C)c1ccc(Cl)s1)c1ccc(O)cc1. The van der Waals surface area contributed by atoms with E-state index in [2.05, 4.69) is 19.2 Å². The molecule has 18 heavy (non-hydrogen) atoms. The van der Waals surface area contributed by atoms with Crippen molar-refractivity contribution in [2.24, 2.45) is 0 Å². The molecule has 2 aromatic rings. The fraction of sp³-hybridized carbons (Fsp3) is 0.286. The van der Waals surface area contributed by atoms with E-state index in [1.807, 2.05) is 24.3 Å². The summed E-state index contributed by atoms with van der Waals surface area (Å²) in [6.07, 6.45) is 0. The van der Waals surface area contributed by atoms with E-state index >= 15 is 0 Å². The van der Waals surface area contributed by atoms with E-state index in [1.165, 1.54) is 4.88 Å². The number of hydrogen-bond donors (Lipinski definition) is 2. The van der Waals surface area contributed by atoms with Crippen LogP contribution in [0.25, 0.3) is 0 Å². The Balaban J connectivity index is 2.02. The number of phenolic OH excluding ortho intramolecular Hbond substituents is 1. The van der Waals surface area contributed by atoms with Gasteiger partial charge < -0.3 is 10.4 Å². The summed E-state index contributed by atoms with van der Waals surface area (Å²) in [6.45, 7) is 4.23. The van der Waals surface area contributed by atoms with Gasteiger partial charge >= 0.3 is 0 Å². The highest BCUT2D eigenvalue weighted by Crippen LogP contribution is 2.28. The predicted octanol–water partition coefficient (Wildman–Crippen LogP) is 4.52. The lowest BCUT2D eigenvalue weighted by molar-refractivity contribution is 0.472. The second kappa shape index (κ2) is 5.74. The van der Waals surface area contributed by atoms with Gasteiger partial charge in [-0.15, -0.1) is 11.3 Å². The van der Waals surface area contributed by atoms with Crippen LogP contribution in [0.5, 0.6) is 5.75 Å². The van der Waals surface area contributed by atoms with Crippen LogP contribution in [0.1, 0.15) is 36.4 Å². The van der Waals surface area contributed by atoms with Crippen LogP contribution >= 0.6 is 22.9 Å². The Kier molecular flexibility index (Phi) is 4.27. The fourth-order valence-electron chi connectivity index (χ4n) is 1.88. The zero-order chi connectivity index (χ0) is 13.1. The van der Waals surface area contributed by atoms with Gasteiger partial charge in [-0.25, -0.2) is 0 Å². The largest absolute Gasteiger partial charge is 0.508 e. The molecule has 2 nitrogen and oxygen atoms in total. The summed E-state index contributed by atoms with van der Waals surface area (Å²) in [5.41, 5.74) is 1.15. The van der Waals surface area contributed by atoms with E-state index in [1.54, 1.807) is 23.5 Å². The molecular weight excluding hydrogens is 266 g/mol. The summed E-state index contributed by atoms with van der Waals surface area (Å²) in [5.74, 6) is 0.295. The third kappa shape index (κ3) is 3.25. The van der Waals surface area contributed by atoms with Crippen molar-refractivity contribution >= 4 is 22.9 Å². The van der Waals surface area contributed by atoms with E-state index < -0.39 is 0 Å². The van der Waals surface area contributed by atoms with Crippen molar-refractivity contribution in [3.63, 3.8) is 0 Å². The van der Waals surface area contributed by atoms with Gasteiger partial charge in [0.2, 0.25) is 0 Å². The molecule has 1 aromatic heterocycles. The lowest BCUT2D eigenvalue weighted by atomic mass is 10.1. The lowest BCUT2D eigenvalue weighted by Gasteiger charge is -2.19. The normalized spacial score (nSPS) is 14.4. The van der Waals surface area contributed by atoms with Crippen molar-refractivity contribution < 1.29 is 5.11 Å². The van der Waals surface area contributed by atoms with Crippen molar-refractivity contribution in [1.29, 1.82) is 0 Å². The van der Waals surface area contributed by atoms with Crippen molar-refractivity contribution in [3.05, 3.63) is 51.2 Å². The number of thiophene rings is 1. The molecule has 2 atom stereocenters. The van der Waals surface area contributed by atoms with Gasteiger partial charge in [0.1, 0.15) is 5.75 Å². The van der Waals surface area contributed by atoms with Crippen LogP contribution < -0.4 is 5.32 Å². The van der Waals surface area contributed by atoms with Gasteiger partial charge in [-0.05, 0) is 43.7 Å². The first kappa shape index (κ1) is 13.4. The van der Waals surface area contributed by atoms with Crippen molar-refractivity contribution in [1.82, 2.24) is 5.32 Å². The molecule has 96 valence electrons. The zero-order valence-electron chi connectivity index (χ0n) is 10.4. The monoisotopic (exact) mass is 281 g/mol. The summed E-state index contributed by atoms with van der Waals surface area (Å²) in [4.78, 5) is 1.23. The van der Waals surface area contributed by atoms with Crippen molar-refractivity contribution in [2.45, 2.75) is 25.9 Å². The molecule has 0 amide bonds. The Morgan fingerprint density at radius 3 is 2.28 bits per heavy atom. The second-order valence-electron chi connectivity index (χ2n) is 4.34. The van der Waals surface area contributed by atoms with Crippen LogP contribution in [-0.4, -0.2) is 5.11 Å². The molecule has 4 heteroatoms. The van der Waals surface area contributed by atoms with Crippen LogP contribution in [0.3, 0.4) is 0 Å². The molecule has 0 saturated carbocycles. The van der Waals surface area contributed by atoms with Gasteiger partial charge in [0.05, 0.1) is 4.34 Å². The Hall–Kier alpha value is -1.03. The van der Waals surface area contributed by atoms with E-state index in [0.29, 0.717) is 5.75 Å². The average molecular weight is 282 g/mol. The fourth-order valence-corrected chi connectivity index (χ4v) is 2.95. The first-order valence-electron chi connectivity index (χ1n) is 5.86. The molecule has 0 aliphatic carbocycles. The maximum Gasteiger partial charge on any atom is 0.115 e. The predicted molar refractivity (Wildman–Crippen MR) is 77.4 cm³/mol. The number of rotatable bonds is 4. The molecule has 0 spiro atoms. The van der Waals surface area contributed by atoms with Gasteiger partial charge in [0.25, 0.3) is 0 Å². The van der Waals surface area contributed by atoms with Gasteiger partial charge in [-0.3, -0.25) is 0 Å². The summed E-state index contributed by atoms with van der Waals surface area (Å²) in [5, 5.41) is 12.8. The molecule has 0 bridgehead atoms. The molecular formula is C14H16ClNOS.